The van der Waals surface area contributed by atoms with E-state index < -0.39 is 51.2 Å². The molecular weight excluding hydrogens is 595 g/mol. The van der Waals surface area contributed by atoms with Gasteiger partial charge in [-0.25, -0.2) is 4.90 Å². The number of carbonyl (C=O) groups is 3. The molecule has 0 saturated carbocycles. The van der Waals surface area contributed by atoms with Crippen molar-refractivity contribution in [3.63, 3.8) is 0 Å². The lowest BCUT2D eigenvalue weighted by Gasteiger charge is -2.32. The Balaban J connectivity index is 1.48. The van der Waals surface area contributed by atoms with Gasteiger partial charge in [-0.15, -0.1) is 0 Å². The molecule has 3 aliphatic heterocycles. The topological polar surface area (TPSA) is 98.2 Å². The van der Waals surface area contributed by atoms with Crippen LogP contribution in [0.2, 0.25) is 0 Å². The number of para-hydroxylation sites is 2. The summed E-state index contributed by atoms with van der Waals surface area (Å²) >= 11 is 1.80. The molecular formula is C28H24F3N3O6S2. The first-order valence-electron chi connectivity index (χ1n) is 13.0. The number of ether oxygens (including phenoxy) is 2. The molecule has 9 nitrogen and oxygen atoms in total. The number of thiazole rings is 1. The number of benzene rings is 2. The number of fused-ring (bicyclic) bond motifs is 2. The zero-order valence-corrected chi connectivity index (χ0v) is 23.8. The van der Waals surface area contributed by atoms with Crippen molar-refractivity contribution in [2.45, 2.75) is 28.9 Å². The second-order valence-corrected chi connectivity index (χ2v) is 12.1. The Morgan fingerprint density at radius 1 is 1.02 bits per heavy atom. The Morgan fingerprint density at radius 2 is 1.71 bits per heavy atom. The monoisotopic (exact) mass is 619 g/mol. The van der Waals surface area contributed by atoms with Crippen LogP contribution in [-0.2, 0) is 31.8 Å². The van der Waals surface area contributed by atoms with E-state index in [1.807, 2.05) is 0 Å². The number of rotatable bonds is 5. The van der Waals surface area contributed by atoms with E-state index in [1.54, 1.807) is 29.2 Å². The highest BCUT2D eigenvalue weighted by Gasteiger charge is 2.58. The van der Waals surface area contributed by atoms with Crippen molar-refractivity contribution in [2.75, 3.05) is 38.3 Å². The number of imide groups is 1. The number of halogens is 3. The van der Waals surface area contributed by atoms with E-state index in [9.17, 15) is 32.3 Å². The maximum atomic E-state index is 14.0. The Kier molecular flexibility index (Phi) is 7.39. The van der Waals surface area contributed by atoms with Crippen LogP contribution < -0.4 is 14.5 Å². The molecule has 2 fully saturated rings. The largest absolute Gasteiger partial charge is 0.496 e. The number of alkyl halides is 3. The highest BCUT2D eigenvalue weighted by Crippen LogP contribution is 2.55. The van der Waals surface area contributed by atoms with Crippen molar-refractivity contribution < 1.29 is 37.0 Å². The molecule has 220 valence electrons. The maximum Gasteiger partial charge on any atom is 0.418 e. The Labute approximate surface area is 245 Å². The third-order valence-electron chi connectivity index (χ3n) is 7.63. The van der Waals surface area contributed by atoms with Gasteiger partial charge in [-0.05, 0) is 18.2 Å². The molecule has 0 spiro atoms. The summed E-state index contributed by atoms with van der Waals surface area (Å²) in [6.45, 7) is 1.23. The van der Waals surface area contributed by atoms with Crippen LogP contribution in [0.25, 0.3) is 0 Å². The predicted molar refractivity (Wildman–Crippen MR) is 148 cm³/mol. The number of nitrogens with zero attached hydrogens (tertiary/aromatic N) is 3. The number of morpholine rings is 1. The fourth-order valence-corrected chi connectivity index (χ4v) is 8.47. The molecule has 0 radical (unpaired) electrons. The van der Waals surface area contributed by atoms with E-state index in [2.05, 4.69) is 0 Å². The van der Waals surface area contributed by atoms with Gasteiger partial charge in [0.1, 0.15) is 17.5 Å². The third-order valence-corrected chi connectivity index (χ3v) is 10.2. The molecule has 1 aromatic heterocycles. The van der Waals surface area contributed by atoms with Gasteiger partial charge >= 0.3 is 11.0 Å². The van der Waals surface area contributed by atoms with Crippen LogP contribution in [0.15, 0.2) is 58.4 Å². The molecule has 2 aromatic carbocycles. The highest BCUT2D eigenvalue weighted by molar-refractivity contribution is 8.00. The van der Waals surface area contributed by atoms with Gasteiger partial charge in [-0.3, -0.25) is 23.7 Å². The molecule has 0 aliphatic carbocycles. The average molecular weight is 620 g/mol. The SMILES string of the molecule is COc1ccccc1[C@@H]1c2sc(=O)n(CC(=O)N3CCOCC3)c2S[C@H]2C(=O)N(c3ccccc3C(F)(F)F)C(=O)[C@@H]12. The quantitative estimate of drug-likeness (QED) is 0.403. The third kappa shape index (κ3) is 4.71. The zero-order valence-electron chi connectivity index (χ0n) is 22.1. The van der Waals surface area contributed by atoms with Gasteiger partial charge in [0, 0.05) is 29.4 Å². The fourth-order valence-electron chi connectivity index (χ4n) is 5.71. The number of hydrogen-bond acceptors (Lipinski definition) is 8. The minimum absolute atomic E-state index is 0.281. The molecule has 4 heterocycles. The molecule has 0 bridgehead atoms. The lowest BCUT2D eigenvalue weighted by Crippen LogP contribution is -2.43. The lowest BCUT2D eigenvalue weighted by molar-refractivity contribution is -0.137. The summed E-state index contributed by atoms with van der Waals surface area (Å²) < 4.78 is 54.0. The van der Waals surface area contributed by atoms with E-state index in [0.29, 0.717) is 52.4 Å². The number of aromatic nitrogens is 1. The summed E-state index contributed by atoms with van der Waals surface area (Å²) in [5, 5.41) is -0.796. The number of hydrogen-bond donors (Lipinski definition) is 0. The second kappa shape index (κ2) is 10.9. The van der Waals surface area contributed by atoms with Gasteiger partial charge in [0.2, 0.25) is 17.7 Å². The van der Waals surface area contributed by atoms with Crippen LogP contribution in [0.4, 0.5) is 18.9 Å². The summed E-state index contributed by atoms with van der Waals surface area (Å²) in [5.74, 6) is -3.51. The van der Waals surface area contributed by atoms with E-state index in [0.717, 1.165) is 35.2 Å². The normalized spacial score (nSPS) is 22.2. The van der Waals surface area contributed by atoms with Gasteiger partial charge in [-0.1, -0.05) is 53.4 Å². The Hall–Kier alpha value is -3.62. The van der Waals surface area contributed by atoms with Gasteiger partial charge in [0.05, 0.1) is 42.5 Å². The van der Waals surface area contributed by atoms with Crippen molar-refractivity contribution in [2.24, 2.45) is 5.92 Å². The zero-order chi connectivity index (χ0) is 29.8. The molecule has 42 heavy (non-hydrogen) atoms. The minimum Gasteiger partial charge on any atom is -0.496 e. The Morgan fingerprint density at radius 3 is 2.43 bits per heavy atom. The molecule has 3 aliphatic rings. The summed E-state index contributed by atoms with van der Waals surface area (Å²) in [6, 6.07) is 11.3. The van der Waals surface area contributed by atoms with Gasteiger partial charge in [-0.2, -0.15) is 13.2 Å². The first-order valence-corrected chi connectivity index (χ1v) is 14.7. The fraction of sp³-hybridized carbons (Fsp3) is 0.357. The molecule has 3 aromatic rings. The van der Waals surface area contributed by atoms with Crippen LogP contribution in [-0.4, -0.2) is 65.9 Å². The molecule has 3 atom stereocenters. The van der Waals surface area contributed by atoms with Crippen molar-refractivity contribution in [3.05, 3.63) is 74.2 Å². The van der Waals surface area contributed by atoms with E-state index in [1.165, 1.54) is 23.8 Å². The van der Waals surface area contributed by atoms with E-state index in [-0.39, 0.29) is 12.5 Å². The van der Waals surface area contributed by atoms with Gasteiger partial charge in [0.15, 0.2) is 0 Å². The van der Waals surface area contributed by atoms with Crippen LogP contribution in [0.3, 0.4) is 0 Å². The maximum absolute atomic E-state index is 14.0. The summed E-state index contributed by atoms with van der Waals surface area (Å²) in [6.07, 6.45) is -4.81. The number of thioether (sulfide) groups is 1. The smallest absolute Gasteiger partial charge is 0.418 e. The highest BCUT2D eigenvalue weighted by atomic mass is 32.2. The first kappa shape index (κ1) is 28.5. The minimum atomic E-state index is -4.81. The molecule has 0 N–H and O–H groups in total. The van der Waals surface area contributed by atoms with Crippen LogP contribution in [0, 0.1) is 5.92 Å². The van der Waals surface area contributed by atoms with E-state index >= 15 is 0 Å². The lowest BCUT2D eigenvalue weighted by atomic mass is 9.82. The molecule has 0 unspecified atom stereocenters. The van der Waals surface area contributed by atoms with Crippen molar-refractivity contribution in [1.82, 2.24) is 9.47 Å². The van der Waals surface area contributed by atoms with E-state index in [4.69, 9.17) is 9.47 Å². The number of carbonyl (C=O) groups excluding carboxylic acids is 3. The Bertz CT molecular complexity index is 1630. The summed E-state index contributed by atoms with van der Waals surface area (Å²) in [4.78, 5) is 56.6. The summed E-state index contributed by atoms with van der Waals surface area (Å²) in [5.41, 5.74) is -1.14. The second-order valence-electron chi connectivity index (χ2n) is 9.93. The van der Waals surface area contributed by atoms with Gasteiger partial charge < -0.3 is 14.4 Å². The molecule has 2 saturated heterocycles. The number of amides is 3. The molecule has 14 heteroatoms. The molecule has 3 amide bonds. The van der Waals surface area contributed by atoms with Crippen molar-refractivity contribution >= 4 is 46.5 Å². The van der Waals surface area contributed by atoms with Crippen LogP contribution >= 0.6 is 23.1 Å². The average Bonchev–Trinajstić information content (AvgIpc) is 3.43. The van der Waals surface area contributed by atoms with Crippen molar-refractivity contribution in [1.29, 1.82) is 0 Å². The predicted octanol–water partition coefficient (Wildman–Crippen LogP) is 3.59. The van der Waals surface area contributed by atoms with Gasteiger partial charge in [0.25, 0.3) is 0 Å². The standard InChI is InChI=1S/C28H24F3N3O6S2/c1-39-18-9-5-2-6-15(18)20-21-22(25(37)34(24(21)36)17-8-4-3-7-16(17)28(29,30)31)41-26-23(20)42-27(38)33(26)14-19(35)32-10-12-40-13-11-32/h2-9,20-22H,10-14H2,1H3/t20-,21-,22+/m0/s1. The first-order chi connectivity index (χ1) is 20.1. The number of anilines is 1. The van der Waals surface area contributed by atoms with Crippen LogP contribution in [0.1, 0.15) is 21.9 Å². The van der Waals surface area contributed by atoms with Crippen LogP contribution in [0.5, 0.6) is 5.75 Å². The summed E-state index contributed by atoms with van der Waals surface area (Å²) in [7, 11) is 1.44. The number of methoxy groups -OCH3 is 1. The molecule has 6 rings (SSSR count). The van der Waals surface area contributed by atoms with Crippen molar-refractivity contribution in [3.8, 4) is 5.75 Å².